The van der Waals surface area contributed by atoms with Crippen molar-refractivity contribution in [3.63, 3.8) is 0 Å². The molecule has 0 aliphatic carbocycles. The molecular formula is C9H17NO. The van der Waals surface area contributed by atoms with Crippen LogP contribution in [0.1, 0.15) is 26.7 Å². The second-order valence-corrected chi connectivity index (χ2v) is 3.81. The van der Waals surface area contributed by atoms with Crippen molar-refractivity contribution in [2.75, 3.05) is 13.6 Å². The molecule has 1 fully saturated rings. The molecule has 0 aromatic rings. The van der Waals surface area contributed by atoms with Gasteiger partial charge in [-0.15, -0.1) is 0 Å². The van der Waals surface area contributed by atoms with E-state index in [2.05, 4.69) is 13.8 Å². The van der Waals surface area contributed by atoms with Crippen molar-refractivity contribution in [3.8, 4) is 0 Å². The van der Waals surface area contributed by atoms with E-state index in [9.17, 15) is 4.79 Å². The SMILES string of the molecule is CC(C)C1CCN(C)C(=O)C1. The van der Waals surface area contributed by atoms with Gasteiger partial charge in [-0.2, -0.15) is 0 Å². The number of amides is 1. The topological polar surface area (TPSA) is 20.3 Å². The normalized spacial score (nSPS) is 26.4. The van der Waals surface area contributed by atoms with Crippen LogP contribution in [0, 0.1) is 11.8 Å². The maximum absolute atomic E-state index is 11.2. The van der Waals surface area contributed by atoms with E-state index in [1.165, 1.54) is 6.42 Å². The zero-order valence-corrected chi connectivity index (χ0v) is 7.63. The van der Waals surface area contributed by atoms with E-state index in [1.54, 1.807) is 0 Å². The number of carbonyl (C=O) groups is 1. The number of hydrogen-bond acceptors (Lipinski definition) is 1. The molecule has 0 aromatic carbocycles. The largest absolute Gasteiger partial charge is 0.346 e. The summed E-state index contributed by atoms with van der Waals surface area (Å²) in [5.74, 6) is 1.60. The predicted molar refractivity (Wildman–Crippen MR) is 45.2 cm³/mol. The first-order valence-corrected chi connectivity index (χ1v) is 4.35. The first-order chi connectivity index (χ1) is 5.11. The van der Waals surface area contributed by atoms with Gasteiger partial charge < -0.3 is 4.90 Å². The second-order valence-electron chi connectivity index (χ2n) is 3.81. The minimum Gasteiger partial charge on any atom is -0.346 e. The lowest BCUT2D eigenvalue weighted by atomic mass is 9.86. The summed E-state index contributed by atoms with van der Waals surface area (Å²) in [5.41, 5.74) is 0. The van der Waals surface area contributed by atoms with Crippen LogP contribution in [0.4, 0.5) is 0 Å². The molecule has 64 valence electrons. The van der Waals surface area contributed by atoms with Crippen molar-refractivity contribution in [2.24, 2.45) is 11.8 Å². The summed E-state index contributed by atoms with van der Waals surface area (Å²) in [6.45, 7) is 5.34. The maximum Gasteiger partial charge on any atom is 0.222 e. The van der Waals surface area contributed by atoms with E-state index in [0.717, 1.165) is 13.0 Å². The highest BCUT2D eigenvalue weighted by molar-refractivity contribution is 5.76. The van der Waals surface area contributed by atoms with Crippen LogP contribution in [-0.2, 0) is 4.79 Å². The molecule has 0 aromatic heterocycles. The van der Waals surface area contributed by atoms with Crippen LogP contribution in [0.2, 0.25) is 0 Å². The molecule has 11 heavy (non-hydrogen) atoms. The monoisotopic (exact) mass is 155 g/mol. The van der Waals surface area contributed by atoms with Crippen LogP contribution in [0.15, 0.2) is 0 Å². The van der Waals surface area contributed by atoms with Gasteiger partial charge in [-0.3, -0.25) is 4.79 Å². The van der Waals surface area contributed by atoms with Crippen LogP contribution in [0.25, 0.3) is 0 Å². The number of nitrogens with zero attached hydrogens (tertiary/aromatic N) is 1. The Hall–Kier alpha value is -0.530. The van der Waals surface area contributed by atoms with E-state index in [4.69, 9.17) is 0 Å². The van der Waals surface area contributed by atoms with Crippen LogP contribution in [0.3, 0.4) is 0 Å². The molecule has 0 saturated carbocycles. The minimum absolute atomic E-state index is 0.315. The van der Waals surface area contributed by atoms with Crippen LogP contribution >= 0.6 is 0 Å². The molecule has 0 radical (unpaired) electrons. The standard InChI is InChI=1S/C9H17NO/c1-7(2)8-4-5-10(3)9(11)6-8/h7-8H,4-6H2,1-3H3. The molecule has 1 amide bonds. The molecular weight excluding hydrogens is 138 g/mol. The van der Waals surface area contributed by atoms with Gasteiger partial charge in [-0.25, -0.2) is 0 Å². The highest BCUT2D eigenvalue weighted by Gasteiger charge is 2.24. The summed E-state index contributed by atoms with van der Waals surface area (Å²) in [6.07, 6.45) is 1.94. The lowest BCUT2D eigenvalue weighted by Crippen LogP contribution is -2.37. The third kappa shape index (κ3) is 1.95. The highest BCUT2D eigenvalue weighted by atomic mass is 16.2. The van der Waals surface area contributed by atoms with Crippen molar-refractivity contribution in [3.05, 3.63) is 0 Å². The quantitative estimate of drug-likeness (QED) is 0.562. The predicted octanol–water partition coefficient (Wildman–Crippen LogP) is 1.51. The zero-order valence-electron chi connectivity index (χ0n) is 7.63. The molecule has 0 N–H and O–H groups in total. The molecule has 1 atom stereocenters. The van der Waals surface area contributed by atoms with Gasteiger partial charge in [0.25, 0.3) is 0 Å². The van der Waals surface area contributed by atoms with Crippen molar-refractivity contribution < 1.29 is 4.79 Å². The Bertz CT molecular complexity index is 154. The smallest absolute Gasteiger partial charge is 0.222 e. The third-order valence-electron chi connectivity index (χ3n) is 2.64. The van der Waals surface area contributed by atoms with E-state index in [-0.39, 0.29) is 0 Å². The Morgan fingerprint density at radius 1 is 1.55 bits per heavy atom. The third-order valence-corrected chi connectivity index (χ3v) is 2.64. The fourth-order valence-corrected chi connectivity index (χ4v) is 1.54. The Labute approximate surface area is 68.6 Å². The Morgan fingerprint density at radius 2 is 2.18 bits per heavy atom. The number of rotatable bonds is 1. The molecule has 1 unspecified atom stereocenters. The fraction of sp³-hybridized carbons (Fsp3) is 0.889. The van der Waals surface area contributed by atoms with Crippen molar-refractivity contribution in [2.45, 2.75) is 26.7 Å². The van der Waals surface area contributed by atoms with Crippen molar-refractivity contribution in [1.29, 1.82) is 0 Å². The molecule has 1 aliphatic heterocycles. The molecule has 2 nitrogen and oxygen atoms in total. The summed E-state index contributed by atoms with van der Waals surface area (Å²) in [5, 5.41) is 0. The fourth-order valence-electron chi connectivity index (χ4n) is 1.54. The van der Waals surface area contributed by atoms with E-state index < -0.39 is 0 Å². The van der Waals surface area contributed by atoms with Crippen LogP contribution in [0.5, 0.6) is 0 Å². The van der Waals surface area contributed by atoms with Crippen molar-refractivity contribution >= 4 is 5.91 Å². The minimum atomic E-state index is 0.315. The van der Waals surface area contributed by atoms with Gasteiger partial charge in [-0.1, -0.05) is 13.8 Å². The number of likely N-dealkylation sites (tertiary alicyclic amines) is 1. The van der Waals surface area contributed by atoms with Gasteiger partial charge >= 0.3 is 0 Å². The molecule has 1 heterocycles. The summed E-state index contributed by atoms with van der Waals surface area (Å²) in [7, 11) is 1.89. The van der Waals surface area contributed by atoms with Crippen LogP contribution in [-0.4, -0.2) is 24.4 Å². The summed E-state index contributed by atoms with van der Waals surface area (Å²) in [4.78, 5) is 13.1. The van der Waals surface area contributed by atoms with Crippen LogP contribution < -0.4 is 0 Å². The molecule has 1 saturated heterocycles. The number of carbonyl (C=O) groups excluding carboxylic acids is 1. The average molecular weight is 155 g/mol. The van der Waals surface area contributed by atoms with E-state index in [0.29, 0.717) is 17.7 Å². The van der Waals surface area contributed by atoms with Crippen molar-refractivity contribution in [1.82, 2.24) is 4.90 Å². The molecule has 1 aliphatic rings. The Kier molecular flexibility index (Phi) is 2.53. The lowest BCUT2D eigenvalue weighted by Gasteiger charge is -2.30. The zero-order chi connectivity index (χ0) is 8.43. The number of hydrogen-bond donors (Lipinski definition) is 0. The molecule has 0 spiro atoms. The van der Waals surface area contributed by atoms with E-state index >= 15 is 0 Å². The van der Waals surface area contributed by atoms with Gasteiger partial charge in [0.1, 0.15) is 0 Å². The second kappa shape index (κ2) is 3.24. The van der Waals surface area contributed by atoms with Gasteiger partial charge in [0.15, 0.2) is 0 Å². The highest BCUT2D eigenvalue weighted by Crippen LogP contribution is 2.24. The number of piperidine rings is 1. The lowest BCUT2D eigenvalue weighted by molar-refractivity contribution is -0.134. The summed E-state index contributed by atoms with van der Waals surface area (Å²) >= 11 is 0. The summed E-state index contributed by atoms with van der Waals surface area (Å²) < 4.78 is 0. The average Bonchev–Trinajstić information content (AvgIpc) is 1.94. The molecule has 0 bridgehead atoms. The maximum atomic E-state index is 11.2. The first-order valence-electron chi connectivity index (χ1n) is 4.35. The molecule has 1 rings (SSSR count). The van der Waals surface area contributed by atoms with Gasteiger partial charge in [-0.05, 0) is 18.3 Å². The van der Waals surface area contributed by atoms with Gasteiger partial charge in [0.2, 0.25) is 5.91 Å². The Morgan fingerprint density at radius 3 is 2.64 bits per heavy atom. The van der Waals surface area contributed by atoms with Gasteiger partial charge in [0, 0.05) is 20.0 Å². The summed E-state index contributed by atoms with van der Waals surface area (Å²) in [6, 6.07) is 0. The first kappa shape index (κ1) is 8.57. The van der Waals surface area contributed by atoms with E-state index in [1.807, 2.05) is 11.9 Å². The Balaban J connectivity index is 2.46. The molecule has 2 heteroatoms. The van der Waals surface area contributed by atoms with Gasteiger partial charge in [0.05, 0.1) is 0 Å².